The Hall–Kier alpha value is -2.53. The van der Waals surface area contributed by atoms with Gasteiger partial charge in [-0.05, 0) is 69.0 Å². The van der Waals surface area contributed by atoms with E-state index in [1.807, 2.05) is 32.0 Å². The van der Waals surface area contributed by atoms with E-state index in [0.717, 1.165) is 5.56 Å². The smallest absolute Gasteiger partial charge is 0.0859 e. The van der Waals surface area contributed by atoms with Crippen molar-refractivity contribution >= 4 is 0 Å². The number of nitrogens with zero attached hydrogens (tertiary/aromatic N) is 2. The molecule has 1 aliphatic rings. The Morgan fingerprint density at radius 2 is 1.50 bits per heavy atom. The van der Waals surface area contributed by atoms with Crippen LogP contribution in [0.5, 0.6) is 0 Å². The molecule has 0 bridgehead atoms. The number of pyridine rings is 1. The molecular weight excluding hydrogens is 396 g/mol. The number of aromatic nitrogens is 1. The average Bonchev–Trinajstić information content (AvgIpc) is 2.75. The molecule has 0 fully saturated rings. The molecule has 1 aromatic heterocycles. The zero-order valence-electron chi connectivity index (χ0n) is 20.1. The van der Waals surface area contributed by atoms with Crippen molar-refractivity contribution in [2.75, 3.05) is 0 Å². The highest BCUT2D eigenvalue weighted by atomic mass is 16.5. The predicted octanol–water partition coefficient (Wildman–Crippen LogP) is 6.07. The summed E-state index contributed by atoms with van der Waals surface area (Å²) >= 11 is 0. The second-order valence-corrected chi connectivity index (χ2v) is 10.0. The van der Waals surface area contributed by atoms with Gasteiger partial charge in [0.05, 0.1) is 11.6 Å². The SMILES string of the molecule is CC1c2ccccc2C(c2ccncc2)N(O)C1(C)C.Cc1ccc(CC(C)(C)O)cc1. The zero-order chi connectivity index (χ0) is 23.5. The Balaban J connectivity index is 0.000000207. The van der Waals surface area contributed by atoms with Crippen LogP contribution in [0.15, 0.2) is 73.1 Å². The lowest BCUT2D eigenvalue weighted by atomic mass is 9.74. The van der Waals surface area contributed by atoms with Crippen molar-refractivity contribution in [1.29, 1.82) is 0 Å². The summed E-state index contributed by atoms with van der Waals surface area (Å²) in [5, 5.41) is 21.8. The molecule has 32 heavy (non-hydrogen) atoms. The molecule has 2 N–H and O–H groups in total. The number of aryl methyl sites for hydroxylation is 1. The predicted molar refractivity (Wildman–Crippen MR) is 130 cm³/mol. The Bertz CT molecular complexity index is 1010. The van der Waals surface area contributed by atoms with Gasteiger partial charge in [0.25, 0.3) is 0 Å². The summed E-state index contributed by atoms with van der Waals surface area (Å²) in [6.07, 6.45) is 4.26. The van der Waals surface area contributed by atoms with Crippen LogP contribution in [0.3, 0.4) is 0 Å². The molecule has 2 unspecified atom stereocenters. The third kappa shape index (κ3) is 5.44. The summed E-state index contributed by atoms with van der Waals surface area (Å²) in [5.41, 5.74) is 5.08. The van der Waals surface area contributed by atoms with Gasteiger partial charge < -0.3 is 10.3 Å². The number of benzene rings is 2. The monoisotopic (exact) mass is 432 g/mol. The van der Waals surface area contributed by atoms with E-state index in [1.165, 1.54) is 27.3 Å². The normalized spacial score (nSPS) is 20.1. The lowest BCUT2D eigenvalue weighted by Gasteiger charge is -2.48. The zero-order valence-corrected chi connectivity index (χ0v) is 20.1. The number of rotatable bonds is 3. The molecule has 0 aliphatic carbocycles. The van der Waals surface area contributed by atoms with Gasteiger partial charge in [-0.25, -0.2) is 0 Å². The maximum atomic E-state index is 10.8. The lowest BCUT2D eigenvalue weighted by molar-refractivity contribution is -0.198. The van der Waals surface area contributed by atoms with E-state index in [0.29, 0.717) is 6.42 Å². The number of hydroxylamine groups is 2. The molecule has 0 amide bonds. The van der Waals surface area contributed by atoms with E-state index in [2.05, 4.69) is 75.1 Å². The molecule has 0 radical (unpaired) electrons. The van der Waals surface area contributed by atoms with Gasteiger partial charge in [-0.1, -0.05) is 61.0 Å². The van der Waals surface area contributed by atoms with E-state index in [4.69, 9.17) is 0 Å². The van der Waals surface area contributed by atoms with Crippen LogP contribution in [0.1, 0.15) is 74.4 Å². The minimum Gasteiger partial charge on any atom is -0.390 e. The maximum absolute atomic E-state index is 10.8. The molecule has 3 aromatic rings. The molecule has 0 spiro atoms. The highest BCUT2D eigenvalue weighted by Crippen LogP contribution is 2.47. The average molecular weight is 433 g/mol. The van der Waals surface area contributed by atoms with E-state index < -0.39 is 5.60 Å². The van der Waals surface area contributed by atoms with Crippen molar-refractivity contribution in [3.8, 4) is 0 Å². The fraction of sp³-hybridized carbons (Fsp3) is 0.393. The number of hydrogen-bond acceptors (Lipinski definition) is 4. The first kappa shape index (κ1) is 24.1. The maximum Gasteiger partial charge on any atom is 0.0859 e. The summed E-state index contributed by atoms with van der Waals surface area (Å²) in [4.78, 5) is 4.07. The molecule has 4 heteroatoms. The van der Waals surface area contributed by atoms with E-state index in [1.54, 1.807) is 12.4 Å². The van der Waals surface area contributed by atoms with Gasteiger partial charge in [0.2, 0.25) is 0 Å². The van der Waals surface area contributed by atoms with Gasteiger partial charge in [0.15, 0.2) is 0 Å². The molecule has 170 valence electrons. The van der Waals surface area contributed by atoms with Crippen LogP contribution in [0, 0.1) is 6.92 Å². The van der Waals surface area contributed by atoms with E-state index >= 15 is 0 Å². The first-order chi connectivity index (χ1) is 15.0. The van der Waals surface area contributed by atoms with Crippen LogP contribution in [-0.2, 0) is 6.42 Å². The van der Waals surface area contributed by atoms with Gasteiger partial charge in [0.1, 0.15) is 0 Å². The van der Waals surface area contributed by atoms with Crippen LogP contribution < -0.4 is 0 Å². The Kier molecular flexibility index (Phi) is 7.19. The largest absolute Gasteiger partial charge is 0.390 e. The molecule has 2 aromatic carbocycles. The standard InChI is InChI=1S/C17H20N2O.C11H16O/c1-12-14-6-4-5-7-15(14)16(19(20)17(12,2)3)13-8-10-18-11-9-13;1-9-4-6-10(7-5-9)8-11(2,3)12/h4-12,16,20H,1-3H3;4-7,12H,8H2,1-3H3. The quantitative estimate of drug-likeness (QED) is 0.528. The first-order valence-electron chi connectivity index (χ1n) is 11.3. The summed E-state index contributed by atoms with van der Waals surface area (Å²) < 4.78 is 0. The van der Waals surface area contributed by atoms with Crippen LogP contribution in [0.4, 0.5) is 0 Å². The number of fused-ring (bicyclic) bond motifs is 1. The van der Waals surface area contributed by atoms with Crippen molar-refractivity contribution in [2.45, 2.75) is 71.1 Å². The minimum atomic E-state index is -0.602. The van der Waals surface area contributed by atoms with E-state index in [-0.39, 0.29) is 17.5 Å². The third-order valence-corrected chi connectivity index (χ3v) is 6.43. The van der Waals surface area contributed by atoms with Gasteiger partial charge in [-0.2, -0.15) is 5.06 Å². The molecule has 0 saturated carbocycles. The van der Waals surface area contributed by atoms with Crippen molar-refractivity contribution in [1.82, 2.24) is 10.0 Å². The lowest BCUT2D eigenvalue weighted by Crippen LogP contribution is -2.51. The molecule has 4 nitrogen and oxygen atoms in total. The second kappa shape index (κ2) is 9.53. The molecule has 0 saturated heterocycles. The fourth-order valence-corrected chi connectivity index (χ4v) is 4.27. The van der Waals surface area contributed by atoms with Crippen molar-refractivity contribution in [3.63, 3.8) is 0 Å². The highest BCUT2D eigenvalue weighted by molar-refractivity contribution is 5.42. The summed E-state index contributed by atoms with van der Waals surface area (Å²) in [6.45, 7) is 12.1. The number of hydrogen-bond donors (Lipinski definition) is 2. The summed E-state index contributed by atoms with van der Waals surface area (Å²) in [5.74, 6) is 0.266. The van der Waals surface area contributed by atoms with Gasteiger partial charge >= 0.3 is 0 Å². The second-order valence-electron chi connectivity index (χ2n) is 10.0. The molecule has 2 atom stereocenters. The van der Waals surface area contributed by atoms with Crippen molar-refractivity contribution < 1.29 is 10.3 Å². The third-order valence-electron chi connectivity index (χ3n) is 6.43. The van der Waals surface area contributed by atoms with Gasteiger partial charge in [-0.15, -0.1) is 0 Å². The topological polar surface area (TPSA) is 56.6 Å². The fourth-order valence-electron chi connectivity index (χ4n) is 4.27. The number of aliphatic hydroxyl groups is 1. The van der Waals surface area contributed by atoms with Gasteiger partial charge in [0, 0.05) is 30.3 Å². The Labute approximate surface area is 192 Å². The van der Waals surface area contributed by atoms with E-state index in [9.17, 15) is 10.3 Å². The van der Waals surface area contributed by atoms with Crippen molar-refractivity contribution in [2.24, 2.45) is 0 Å². The molecule has 2 heterocycles. The van der Waals surface area contributed by atoms with Gasteiger partial charge in [-0.3, -0.25) is 4.98 Å². The molecule has 1 aliphatic heterocycles. The molecule has 4 rings (SSSR count). The van der Waals surface area contributed by atoms with Crippen LogP contribution in [-0.4, -0.2) is 31.5 Å². The van der Waals surface area contributed by atoms with Crippen molar-refractivity contribution in [3.05, 3.63) is 101 Å². The Morgan fingerprint density at radius 3 is 2.06 bits per heavy atom. The molecular formula is C28H36N2O2. The van der Waals surface area contributed by atoms with Crippen LogP contribution >= 0.6 is 0 Å². The first-order valence-corrected chi connectivity index (χ1v) is 11.3. The summed E-state index contributed by atoms with van der Waals surface area (Å²) in [6, 6.07) is 20.4. The van der Waals surface area contributed by atoms with Crippen LogP contribution in [0.2, 0.25) is 0 Å². The van der Waals surface area contributed by atoms with Crippen LogP contribution in [0.25, 0.3) is 0 Å². The summed E-state index contributed by atoms with van der Waals surface area (Å²) in [7, 11) is 0. The Morgan fingerprint density at radius 1 is 0.938 bits per heavy atom. The minimum absolute atomic E-state index is 0.139. The highest BCUT2D eigenvalue weighted by Gasteiger charge is 2.44.